The van der Waals surface area contributed by atoms with Gasteiger partial charge in [0.1, 0.15) is 0 Å². The summed E-state index contributed by atoms with van der Waals surface area (Å²) in [5.41, 5.74) is 0. The van der Waals surface area contributed by atoms with Crippen molar-refractivity contribution in [2.24, 2.45) is 0 Å². The van der Waals surface area contributed by atoms with Crippen LogP contribution in [0.15, 0.2) is 0 Å². The van der Waals surface area contributed by atoms with Crippen molar-refractivity contribution in [1.29, 1.82) is 0 Å². The van der Waals surface area contributed by atoms with Crippen LogP contribution in [-0.4, -0.2) is 19.0 Å². The van der Waals surface area contributed by atoms with Crippen LogP contribution in [0.2, 0.25) is 0 Å². The van der Waals surface area contributed by atoms with Crippen LogP contribution < -0.4 is 0 Å². The Morgan fingerprint density at radius 1 is 0.500 bits per heavy atom. The fourth-order valence-corrected chi connectivity index (χ4v) is 4.06. The fraction of sp³-hybridized carbons (Fsp3) is 1.00. The largest absolute Gasteiger partial charge is 0.350 e. The van der Waals surface area contributed by atoms with Crippen LogP contribution in [0.1, 0.15) is 136 Å². The van der Waals surface area contributed by atoms with Crippen molar-refractivity contribution in [1.82, 2.24) is 0 Å². The van der Waals surface area contributed by atoms with Crippen LogP contribution in [0, 0.1) is 0 Å². The van der Waals surface area contributed by atoms with E-state index in [9.17, 15) is 0 Å². The zero-order chi connectivity index (χ0) is 18.8. The van der Waals surface area contributed by atoms with Gasteiger partial charge in [0.25, 0.3) is 0 Å². The van der Waals surface area contributed by atoms with E-state index in [0.717, 1.165) is 38.9 Å². The number of hydrogen-bond acceptors (Lipinski definition) is 2. The van der Waals surface area contributed by atoms with Crippen LogP contribution in [0.25, 0.3) is 0 Å². The standard InChI is InChI=1S/C24H48O2/c1-3-5-7-9-10-11-12-13-15-17-21-24(20-16-14-8-6-4-2)25-22-18-19-23-26-24/h3-23H2,1-2H3. The van der Waals surface area contributed by atoms with Gasteiger partial charge in [0, 0.05) is 12.8 Å². The molecule has 0 spiro atoms. The molecule has 1 saturated heterocycles. The summed E-state index contributed by atoms with van der Waals surface area (Å²) in [6, 6.07) is 0. The molecule has 0 aromatic rings. The van der Waals surface area contributed by atoms with Gasteiger partial charge >= 0.3 is 0 Å². The first kappa shape index (κ1) is 24.0. The zero-order valence-corrected chi connectivity index (χ0v) is 18.2. The Kier molecular flexibility index (Phi) is 15.7. The number of unbranched alkanes of at least 4 members (excludes halogenated alkanes) is 13. The summed E-state index contributed by atoms with van der Waals surface area (Å²) in [7, 11) is 0. The average Bonchev–Trinajstić information content (AvgIpc) is 2.89. The van der Waals surface area contributed by atoms with Crippen molar-refractivity contribution in [3.63, 3.8) is 0 Å². The van der Waals surface area contributed by atoms with Gasteiger partial charge in [0.05, 0.1) is 13.2 Å². The van der Waals surface area contributed by atoms with Crippen LogP contribution in [0.5, 0.6) is 0 Å². The summed E-state index contributed by atoms with van der Waals surface area (Å²) in [4.78, 5) is 0. The SMILES string of the molecule is CCCCCCCCCCCCC1(CCCCCCC)OCCCCO1. The molecule has 0 aromatic carbocycles. The Labute approximate surface area is 164 Å². The first-order chi connectivity index (χ1) is 12.8. The lowest BCUT2D eigenvalue weighted by Crippen LogP contribution is -2.35. The number of rotatable bonds is 17. The van der Waals surface area contributed by atoms with Gasteiger partial charge in [-0.1, -0.05) is 97.3 Å². The molecule has 0 N–H and O–H groups in total. The molecule has 1 rings (SSSR count). The quantitative estimate of drug-likeness (QED) is 0.241. The van der Waals surface area contributed by atoms with Crippen LogP contribution in [0.3, 0.4) is 0 Å². The lowest BCUT2D eigenvalue weighted by Gasteiger charge is -2.32. The molecule has 0 radical (unpaired) electrons. The van der Waals surface area contributed by atoms with Gasteiger partial charge in [-0.25, -0.2) is 0 Å². The first-order valence-electron chi connectivity index (χ1n) is 12.1. The third kappa shape index (κ3) is 12.3. The molecule has 156 valence electrons. The molecule has 1 heterocycles. The molecule has 0 unspecified atom stereocenters. The fourth-order valence-electron chi connectivity index (χ4n) is 4.06. The van der Waals surface area contributed by atoms with Crippen molar-refractivity contribution in [3.05, 3.63) is 0 Å². The highest BCUT2D eigenvalue weighted by molar-refractivity contribution is 4.73. The molecule has 0 saturated carbocycles. The molecule has 2 nitrogen and oxygen atoms in total. The molecular formula is C24H48O2. The summed E-state index contributed by atoms with van der Waals surface area (Å²) in [5.74, 6) is -0.247. The number of ether oxygens (including phenoxy) is 2. The highest BCUT2D eigenvalue weighted by atomic mass is 16.7. The van der Waals surface area contributed by atoms with E-state index in [4.69, 9.17) is 9.47 Å². The van der Waals surface area contributed by atoms with Crippen molar-refractivity contribution < 1.29 is 9.47 Å². The van der Waals surface area contributed by atoms with Crippen molar-refractivity contribution in [2.75, 3.05) is 13.2 Å². The molecule has 0 amide bonds. The van der Waals surface area contributed by atoms with Crippen molar-refractivity contribution in [3.8, 4) is 0 Å². The second kappa shape index (κ2) is 17.0. The van der Waals surface area contributed by atoms with Crippen molar-refractivity contribution >= 4 is 0 Å². The van der Waals surface area contributed by atoms with Gasteiger partial charge in [-0.05, 0) is 25.7 Å². The Balaban J connectivity index is 2.13. The molecule has 0 aliphatic carbocycles. The second-order valence-corrected chi connectivity index (χ2v) is 8.41. The molecular weight excluding hydrogens is 320 g/mol. The van der Waals surface area contributed by atoms with E-state index < -0.39 is 0 Å². The smallest absolute Gasteiger partial charge is 0.168 e. The number of hydrogen-bond donors (Lipinski definition) is 0. The van der Waals surface area contributed by atoms with E-state index in [1.165, 1.54) is 96.3 Å². The van der Waals surface area contributed by atoms with Crippen molar-refractivity contribution in [2.45, 2.75) is 142 Å². The normalized spacial score (nSPS) is 17.3. The van der Waals surface area contributed by atoms with E-state index in [1.54, 1.807) is 0 Å². The molecule has 1 fully saturated rings. The molecule has 0 atom stereocenters. The van der Waals surface area contributed by atoms with Gasteiger partial charge < -0.3 is 9.47 Å². The molecule has 1 aliphatic heterocycles. The maximum atomic E-state index is 6.26. The molecule has 0 aromatic heterocycles. The van der Waals surface area contributed by atoms with E-state index in [0.29, 0.717) is 0 Å². The van der Waals surface area contributed by atoms with E-state index in [2.05, 4.69) is 13.8 Å². The highest BCUT2D eigenvalue weighted by Gasteiger charge is 2.32. The molecule has 0 bridgehead atoms. The molecule has 1 aliphatic rings. The maximum Gasteiger partial charge on any atom is 0.168 e. The zero-order valence-electron chi connectivity index (χ0n) is 18.2. The van der Waals surface area contributed by atoms with E-state index in [1.807, 2.05) is 0 Å². The highest BCUT2D eigenvalue weighted by Crippen LogP contribution is 2.31. The Morgan fingerprint density at radius 3 is 1.23 bits per heavy atom. The van der Waals surface area contributed by atoms with Gasteiger partial charge in [-0.3, -0.25) is 0 Å². The summed E-state index contributed by atoms with van der Waals surface area (Å²) in [6.45, 7) is 6.36. The molecule has 2 heteroatoms. The van der Waals surface area contributed by atoms with Gasteiger partial charge in [0.2, 0.25) is 0 Å². The predicted octanol–water partition coefficient (Wildman–Crippen LogP) is 8.18. The first-order valence-corrected chi connectivity index (χ1v) is 12.1. The predicted molar refractivity (Wildman–Crippen MR) is 114 cm³/mol. The monoisotopic (exact) mass is 368 g/mol. The minimum Gasteiger partial charge on any atom is -0.350 e. The van der Waals surface area contributed by atoms with E-state index in [-0.39, 0.29) is 5.79 Å². The minimum absolute atomic E-state index is 0.247. The van der Waals surface area contributed by atoms with Gasteiger partial charge in [-0.15, -0.1) is 0 Å². The summed E-state index contributed by atoms with van der Waals surface area (Å²) < 4.78 is 12.5. The minimum atomic E-state index is -0.247. The lowest BCUT2D eigenvalue weighted by atomic mass is 9.98. The van der Waals surface area contributed by atoms with Gasteiger partial charge in [-0.2, -0.15) is 0 Å². The van der Waals surface area contributed by atoms with Crippen LogP contribution in [-0.2, 0) is 9.47 Å². The second-order valence-electron chi connectivity index (χ2n) is 8.41. The van der Waals surface area contributed by atoms with E-state index >= 15 is 0 Å². The topological polar surface area (TPSA) is 18.5 Å². The summed E-state index contributed by atoms with van der Waals surface area (Å²) >= 11 is 0. The van der Waals surface area contributed by atoms with Crippen LogP contribution in [0.4, 0.5) is 0 Å². The Bertz CT molecular complexity index is 282. The Morgan fingerprint density at radius 2 is 0.846 bits per heavy atom. The van der Waals surface area contributed by atoms with Gasteiger partial charge in [0.15, 0.2) is 5.79 Å². The molecule has 26 heavy (non-hydrogen) atoms. The third-order valence-corrected chi connectivity index (χ3v) is 5.84. The Hall–Kier alpha value is -0.0800. The summed E-state index contributed by atoms with van der Waals surface area (Å²) in [5, 5.41) is 0. The van der Waals surface area contributed by atoms with Crippen LogP contribution >= 0.6 is 0 Å². The average molecular weight is 369 g/mol. The third-order valence-electron chi connectivity index (χ3n) is 5.84. The summed E-state index contributed by atoms with van der Waals surface area (Å²) in [6.07, 6.45) is 25.1. The lowest BCUT2D eigenvalue weighted by molar-refractivity contribution is -0.234. The maximum absolute atomic E-state index is 6.26.